The molecule has 0 aliphatic rings. The minimum Gasteiger partial charge on any atom is -0.457 e. The van der Waals surface area contributed by atoms with Crippen molar-refractivity contribution in [1.82, 2.24) is 0 Å². The average Bonchev–Trinajstić information content (AvgIpc) is 2.67. The van der Waals surface area contributed by atoms with Gasteiger partial charge in [0, 0.05) is 12.2 Å². The van der Waals surface area contributed by atoms with E-state index in [1.165, 1.54) is 22.4 Å². The quantitative estimate of drug-likeness (QED) is 0.555. The fourth-order valence-corrected chi connectivity index (χ4v) is 3.09. The first-order chi connectivity index (χ1) is 12.3. The molecule has 2 nitrogen and oxygen atoms in total. The smallest absolute Gasteiger partial charge is 0.127 e. The highest BCUT2D eigenvalue weighted by atomic mass is 16.5. The summed E-state index contributed by atoms with van der Waals surface area (Å²) in [5, 5.41) is 3.59. The number of hydrogen-bond acceptors (Lipinski definition) is 2. The van der Waals surface area contributed by atoms with Crippen LogP contribution in [0, 0.1) is 0 Å². The van der Waals surface area contributed by atoms with Crippen molar-refractivity contribution in [2.45, 2.75) is 33.2 Å². The molecule has 0 radical (unpaired) electrons. The van der Waals surface area contributed by atoms with Crippen LogP contribution in [0.15, 0.2) is 72.8 Å². The monoisotopic (exact) mass is 331 g/mol. The van der Waals surface area contributed by atoms with Crippen molar-refractivity contribution in [3.63, 3.8) is 0 Å². The van der Waals surface area contributed by atoms with Crippen LogP contribution < -0.4 is 10.1 Å². The molecule has 3 aromatic carbocycles. The molecule has 0 atom stereocenters. The zero-order chi connectivity index (χ0) is 17.5. The lowest BCUT2D eigenvalue weighted by atomic mass is 10.0. The lowest BCUT2D eigenvalue weighted by Crippen LogP contribution is -2.04. The van der Waals surface area contributed by atoms with Crippen molar-refractivity contribution in [1.29, 1.82) is 0 Å². The molecule has 0 heterocycles. The number of para-hydroxylation sites is 1. The standard InChI is InChI=1S/C23H25NO/c1-3-19-11-9-15-23(22(19)4-2)24-17-18-10-8-14-21(16-18)25-20-12-6-5-7-13-20/h5-16,24H,3-4,17H2,1-2H3. The van der Waals surface area contributed by atoms with E-state index in [9.17, 15) is 0 Å². The van der Waals surface area contributed by atoms with Gasteiger partial charge in [-0.2, -0.15) is 0 Å². The second-order valence-electron chi connectivity index (χ2n) is 6.07. The van der Waals surface area contributed by atoms with Crippen LogP contribution in [0.4, 0.5) is 5.69 Å². The molecule has 25 heavy (non-hydrogen) atoms. The Morgan fingerprint density at radius 2 is 1.52 bits per heavy atom. The predicted molar refractivity (Wildman–Crippen MR) is 105 cm³/mol. The minimum atomic E-state index is 0.784. The lowest BCUT2D eigenvalue weighted by Gasteiger charge is -2.15. The van der Waals surface area contributed by atoms with Gasteiger partial charge >= 0.3 is 0 Å². The molecule has 0 saturated heterocycles. The molecular weight excluding hydrogens is 306 g/mol. The van der Waals surface area contributed by atoms with Gasteiger partial charge in [0.1, 0.15) is 11.5 Å². The summed E-state index contributed by atoms with van der Waals surface area (Å²) in [6, 6.07) is 24.7. The van der Waals surface area contributed by atoms with Gasteiger partial charge in [0.05, 0.1) is 0 Å². The van der Waals surface area contributed by atoms with Crippen molar-refractivity contribution >= 4 is 5.69 Å². The van der Waals surface area contributed by atoms with Gasteiger partial charge in [-0.15, -0.1) is 0 Å². The van der Waals surface area contributed by atoms with Crippen LogP contribution in [-0.2, 0) is 19.4 Å². The maximum absolute atomic E-state index is 5.92. The van der Waals surface area contributed by atoms with E-state index in [2.05, 4.69) is 49.5 Å². The van der Waals surface area contributed by atoms with Gasteiger partial charge in [-0.1, -0.05) is 56.3 Å². The highest BCUT2D eigenvalue weighted by molar-refractivity contribution is 5.55. The van der Waals surface area contributed by atoms with Crippen LogP contribution in [0.2, 0.25) is 0 Å². The predicted octanol–water partition coefficient (Wildman–Crippen LogP) is 6.22. The summed E-state index contributed by atoms with van der Waals surface area (Å²) in [6.07, 6.45) is 2.11. The molecule has 3 aromatic rings. The summed E-state index contributed by atoms with van der Waals surface area (Å²) in [4.78, 5) is 0. The zero-order valence-electron chi connectivity index (χ0n) is 15.0. The third-order valence-electron chi connectivity index (χ3n) is 4.37. The van der Waals surface area contributed by atoms with E-state index < -0.39 is 0 Å². The van der Waals surface area contributed by atoms with Crippen molar-refractivity contribution in [2.24, 2.45) is 0 Å². The summed E-state index contributed by atoms with van der Waals surface area (Å²) in [7, 11) is 0. The van der Waals surface area contributed by atoms with E-state index in [0.29, 0.717) is 0 Å². The van der Waals surface area contributed by atoms with Crippen molar-refractivity contribution in [3.8, 4) is 11.5 Å². The van der Waals surface area contributed by atoms with E-state index in [4.69, 9.17) is 4.74 Å². The molecule has 0 aliphatic carbocycles. The van der Waals surface area contributed by atoms with Gasteiger partial charge in [-0.25, -0.2) is 0 Å². The normalized spacial score (nSPS) is 10.5. The third kappa shape index (κ3) is 4.42. The van der Waals surface area contributed by atoms with Gasteiger partial charge in [0.25, 0.3) is 0 Å². The summed E-state index contributed by atoms with van der Waals surface area (Å²) in [6.45, 7) is 5.21. The summed E-state index contributed by atoms with van der Waals surface area (Å²) in [5.74, 6) is 1.72. The van der Waals surface area contributed by atoms with Crippen LogP contribution in [0.5, 0.6) is 11.5 Å². The Labute approximate surface area is 150 Å². The molecule has 0 fully saturated rings. The van der Waals surface area contributed by atoms with Gasteiger partial charge in [-0.05, 0) is 59.9 Å². The van der Waals surface area contributed by atoms with Crippen LogP contribution in [0.3, 0.4) is 0 Å². The Morgan fingerprint density at radius 3 is 2.28 bits per heavy atom. The first-order valence-corrected chi connectivity index (χ1v) is 8.96. The maximum atomic E-state index is 5.92. The van der Waals surface area contributed by atoms with Crippen molar-refractivity contribution in [3.05, 3.63) is 89.5 Å². The van der Waals surface area contributed by atoms with Crippen LogP contribution in [-0.4, -0.2) is 0 Å². The molecule has 0 unspecified atom stereocenters. The van der Waals surface area contributed by atoms with E-state index in [1.54, 1.807) is 0 Å². The highest BCUT2D eigenvalue weighted by Crippen LogP contribution is 2.24. The fourth-order valence-electron chi connectivity index (χ4n) is 3.09. The number of rotatable bonds is 7. The fraction of sp³-hybridized carbons (Fsp3) is 0.217. The van der Waals surface area contributed by atoms with Crippen molar-refractivity contribution < 1.29 is 4.74 Å². The van der Waals surface area contributed by atoms with E-state index in [1.807, 2.05) is 42.5 Å². The number of benzene rings is 3. The van der Waals surface area contributed by atoms with Crippen LogP contribution >= 0.6 is 0 Å². The number of nitrogens with one attached hydrogen (secondary N) is 1. The molecule has 0 aliphatic heterocycles. The topological polar surface area (TPSA) is 21.3 Å². The number of aryl methyl sites for hydroxylation is 1. The van der Waals surface area contributed by atoms with E-state index in [0.717, 1.165) is 30.9 Å². The molecule has 0 aromatic heterocycles. The first-order valence-electron chi connectivity index (χ1n) is 8.96. The molecule has 2 heteroatoms. The number of hydrogen-bond donors (Lipinski definition) is 1. The second-order valence-corrected chi connectivity index (χ2v) is 6.07. The van der Waals surface area contributed by atoms with Gasteiger partial charge in [0.2, 0.25) is 0 Å². The molecule has 128 valence electrons. The maximum Gasteiger partial charge on any atom is 0.127 e. The van der Waals surface area contributed by atoms with E-state index in [-0.39, 0.29) is 0 Å². The Hall–Kier alpha value is -2.74. The molecule has 0 amide bonds. The second kappa shape index (κ2) is 8.39. The van der Waals surface area contributed by atoms with Crippen molar-refractivity contribution in [2.75, 3.05) is 5.32 Å². The van der Waals surface area contributed by atoms with Gasteiger partial charge in [0.15, 0.2) is 0 Å². The number of anilines is 1. The molecule has 3 rings (SSSR count). The van der Waals surface area contributed by atoms with Crippen LogP contribution in [0.25, 0.3) is 0 Å². The Morgan fingerprint density at radius 1 is 0.760 bits per heavy atom. The molecule has 0 bridgehead atoms. The average molecular weight is 331 g/mol. The third-order valence-corrected chi connectivity index (χ3v) is 4.37. The zero-order valence-corrected chi connectivity index (χ0v) is 15.0. The Balaban J connectivity index is 1.71. The molecule has 1 N–H and O–H groups in total. The number of ether oxygens (including phenoxy) is 1. The van der Waals surface area contributed by atoms with Crippen LogP contribution in [0.1, 0.15) is 30.5 Å². The largest absolute Gasteiger partial charge is 0.457 e. The van der Waals surface area contributed by atoms with Gasteiger partial charge in [-0.3, -0.25) is 0 Å². The molecule has 0 spiro atoms. The summed E-state index contributed by atoms with van der Waals surface area (Å²) in [5.41, 5.74) is 5.28. The summed E-state index contributed by atoms with van der Waals surface area (Å²) >= 11 is 0. The van der Waals surface area contributed by atoms with Gasteiger partial charge < -0.3 is 10.1 Å². The Bertz CT molecular complexity index is 811. The molecular formula is C23H25NO. The first kappa shape index (κ1) is 17.1. The molecule has 0 saturated carbocycles. The Kier molecular flexibility index (Phi) is 5.73. The van der Waals surface area contributed by atoms with E-state index >= 15 is 0 Å². The lowest BCUT2D eigenvalue weighted by molar-refractivity contribution is 0.482. The summed E-state index contributed by atoms with van der Waals surface area (Å²) < 4.78 is 5.92. The SMILES string of the molecule is CCc1cccc(NCc2cccc(Oc3ccccc3)c2)c1CC. The highest BCUT2D eigenvalue weighted by Gasteiger charge is 2.05. The minimum absolute atomic E-state index is 0.784.